The van der Waals surface area contributed by atoms with Gasteiger partial charge in [-0.2, -0.15) is 0 Å². The zero-order valence-corrected chi connectivity index (χ0v) is 14.5. The Hall–Kier alpha value is -1.40. The van der Waals surface area contributed by atoms with Gasteiger partial charge in [0.1, 0.15) is 0 Å². The number of rotatable bonds is 2. The van der Waals surface area contributed by atoms with Crippen LogP contribution < -0.4 is 5.73 Å². The molecule has 2 amide bonds. The Morgan fingerprint density at radius 2 is 1.91 bits per heavy atom. The molecule has 0 radical (unpaired) electrons. The maximum Gasteiger partial charge on any atom is 0.264 e. The van der Waals surface area contributed by atoms with Crippen LogP contribution in [0.25, 0.3) is 0 Å². The molecule has 1 aliphatic carbocycles. The smallest absolute Gasteiger partial charge is 0.264 e. The molecule has 2 unspecified atom stereocenters. The van der Waals surface area contributed by atoms with Crippen LogP contribution in [0.3, 0.4) is 0 Å². The van der Waals surface area contributed by atoms with Crippen molar-refractivity contribution in [2.45, 2.75) is 38.1 Å². The molecule has 2 fully saturated rings. The quantitative estimate of drug-likeness (QED) is 0.898. The maximum atomic E-state index is 12.8. The van der Waals surface area contributed by atoms with E-state index in [1.807, 2.05) is 34.2 Å². The predicted molar refractivity (Wildman–Crippen MR) is 91.4 cm³/mol. The van der Waals surface area contributed by atoms with E-state index < -0.39 is 0 Å². The van der Waals surface area contributed by atoms with Crippen LogP contribution in [-0.2, 0) is 4.79 Å². The first-order valence-corrected chi connectivity index (χ1v) is 9.27. The van der Waals surface area contributed by atoms with Crippen LogP contribution in [0.5, 0.6) is 0 Å². The van der Waals surface area contributed by atoms with E-state index in [0.29, 0.717) is 26.2 Å². The number of carbonyl (C=O) groups is 2. The molecule has 23 heavy (non-hydrogen) atoms. The van der Waals surface area contributed by atoms with Crippen molar-refractivity contribution in [3.8, 4) is 0 Å². The Kier molecular flexibility index (Phi) is 4.73. The monoisotopic (exact) mass is 335 g/mol. The minimum absolute atomic E-state index is 0.0733. The van der Waals surface area contributed by atoms with Crippen LogP contribution in [0.15, 0.2) is 17.5 Å². The molecule has 6 heteroatoms. The number of nitrogens with zero attached hydrogens (tertiary/aromatic N) is 2. The topological polar surface area (TPSA) is 66.6 Å². The lowest BCUT2D eigenvalue weighted by atomic mass is 9.74. The number of hydrogen-bond acceptors (Lipinski definition) is 4. The lowest BCUT2D eigenvalue weighted by Crippen LogP contribution is -2.57. The van der Waals surface area contributed by atoms with E-state index in [2.05, 4.69) is 0 Å². The number of amides is 2. The van der Waals surface area contributed by atoms with Crippen molar-refractivity contribution >= 4 is 23.2 Å². The van der Waals surface area contributed by atoms with Gasteiger partial charge in [0.2, 0.25) is 5.91 Å². The van der Waals surface area contributed by atoms with E-state index in [0.717, 1.165) is 30.6 Å². The second-order valence-corrected chi connectivity index (χ2v) is 7.85. The van der Waals surface area contributed by atoms with Gasteiger partial charge in [0.25, 0.3) is 5.91 Å². The number of hydrogen-bond donors (Lipinski definition) is 1. The summed E-state index contributed by atoms with van der Waals surface area (Å²) in [6, 6.07) is 3.75. The lowest BCUT2D eigenvalue weighted by Gasteiger charge is -2.42. The molecule has 1 saturated heterocycles. The summed E-state index contributed by atoms with van der Waals surface area (Å²) in [6.45, 7) is 4.45. The van der Waals surface area contributed by atoms with Crippen molar-refractivity contribution in [2.24, 2.45) is 11.7 Å². The third kappa shape index (κ3) is 3.43. The van der Waals surface area contributed by atoms with Crippen molar-refractivity contribution in [1.29, 1.82) is 0 Å². The Balaban J connectivity index is 1.58. The molecule has 1 aromatic rings. The molecule has 5 nitrogen and oxygen atoms in total. The highest BCUT2D eigenvalue weighted by Crippen LogP contribution is 2.33. The highest BCUT2D eigenvalue weighted by Gasteiger charge is 2.40. The van der Waals surface area contributed by atoms with Gasteiger partial charge in [-0.25, -0.2) is 0 Å². The summed E-state index contributed by atoms with van der Waals surface area (Å²) in [5.41, 5.74) is 5.97. The fraction of sp³-hybridized carbons (Fsp3) is 0.647. The van der Waals surface area contributed by atoms with Gasteiger partial charge in [-0.15, -0.1) is 11.3 Å². The molecule has 0 bridgehead atoms. The Morgan fingerprint density at radius 1 is 1.22 bits per heavy atom. The second-order valence-electron chi connectivity index (χ2n) is 6.90. The van der Waals surface area contributed by atoms with Gasteiger partial charge in [-0.3, -0.25) is 9.59 Å². The molecule has 1 saturated carbocycles. The largest absolute Gasteiger partial charge is 0.339 e. The van der Waals surface area contributed by atoms with Crippen LogP contribution in [0.1, 0.15) is 42.3 Å². The van der Waals surface area contributed by atoms with E-state index in [-0.39, 0.29) is 23.3 Å². The maximum absolute atomic E-state index is 12.8. The standard InChI is InChI=1S/C17H25N3O2S/c1-17(18)7-3-2-5-13(17)15(21)19-8-10-20(11-9-19)16(22)14-6-4-12-23-14/h4,6,12-13H,2-3,5,7-11,18H2,1H3. The fourth-order valence-electron chi connectivity index (χ4n) is 3.67. The Bertz CT molecular complexity index is 562. The van der Waals surface area contributed by atoms with Gasteiger partial charge >= 0.3 is 0 Å². The van der Waals surface area contributed by atoms with E-state index >= 15 is 0 Å². The first-order chi connectivity index (χ1) is 11.0. The first kappa shape index (κ1) is 16.5. The molecule has 2 heterocycles. The summed E-state index contributed by atoms with van der Waals surface area (Å²) in [5.74, 6) is 0.183. The highest BCUT2D eigenvalue weighted by atomic mass is 32.1. The summed E-state index contributed by atoms with van der Waals surface area (Å²) in [5, 5.41) is 1.91. The SMILES string of the molecule is CC1(N)CCCCC1C(=O)N1CCN(C(=O)c2cccs2)CC1. The van der Waals surface area contributed by atoms with Crippen molar-refractivity contribution < 1.29 is 9.59 Å². The van der Waals surface area contributed by atoms with Gasteiger partial charge in [-0.05, 0) is 31.2 Å². The van der Waals surface area contributed by atoms with E-state index in [4.69, 9.17) is 5.73 Å². The molecule has 2 N–H and O–H groups in total. The number of carbonyl (C=O) groups excluding carboxylic acids is 2. The summed E-state index contributed by atoms with van der Waals surface area (Å²) >= 11 is 1.47. The molecule has 2 atom stereocenters. The minimum atomic E-state index is -0.390. The van der Waals surface area contributed by atoms with Crippen LogP contribution >= 0.6 is 11.3 Å². The summed E-state index contributed by atoms with van der Waals surface area (Å²) in [6.07, 6.45) is 4.00. The predicted octanol–water partition coefficient (Wildman–Crippen LogP) is 1.94. The molecular formula is C17H25N3O2S. The highest BCUT2D eigenvalue weighted by molar-refractivity contribution is 7.12. The normalized spacial score (nSPS) is 28.7. The average molecular weight is 335 g/mol. The lowest BCUT2D eigenvalue weighted by molar-refractivity contribution is -0.140. The summed E-state index contributed by atoms with van der Waals surface area (Å²) < 4.78 is 0. The average Bonchev–Trinajstić information content (AvgIpc) is 3.08. The number of piperazine rings is 1. The summed E-state index contributed by atoms with van der Waals surface area (Å²) in [7, 11) is 0. The third-order valence-electron chi connectivity index (χ3n) is 5.16. The third-order valence-corrected chi connectivity index (χ3v) is 6.02. The van der Waals surface area contributed by atoms with Gasteiger partial charge < -0.3 is 15.5 Å². The minimum Gasteiger partial charge on any atom is -0.339 e. The fourth-order valence-corrected chi connectivity index (χ4v) is 4.36. The van der Waals surface area contributed by atoms with E-state index in [1.54, 1.807) is 0 Å². The van der Waals surface area contributed by atoms with Crippen molar-refractivity contribution in [3.63, 3.8) is 0 Å². The van der Waals surface area contributed by atoms with Gasteiger partial charge in [-0.1, -0.05) is 18.9 Å². The molecule has 1 aromatic heterocycles. The van der Waals surface area contributed by atoms with E-state index in [9.17, 15) is 9.59 Å². The molecule has 0 spiro atoms. The van der Waals surface area contributed by atoms with Crippen molar-refractivity contribution in [1.82, 2.24) is 9.80 Å². The molecule has 126 valence electrons. The second kappa shape index (κ2) is 6.61. The number of thiophene rings is 1. The van der Waals surface area contributed by atoms with Crippen LogP contribution in [-0.4, -0.2) is 53.3 Å². The van der Waals surface area contributed by atoms with Crippen molar-refractivity contribution in [2.75, 3.05) is 26.2 Å². The zero-order valence-electron chi connectivity index (χ0n) is 13.7. The molecular weight excluding hydrogens is 310 g/mol. The Morgan fingerprint density at radius 3 is 2.52 bits per heavy atom. The van der Waals surface area contributed by atoms with Crippen LogP contribution in [0, 0.1) is 5.92 Å². The zero-order chi connectivity index (χ0) is 16.4. The molecule has 0 aromatic carbocycles. The Labute approximate surface area is 141 Å². The van der Waals surface area contributed by atoms with Crippen LogP contribution in [0.2, 0.25) is 0 Å². The van der Waals surface area contributed by atoms with Gasteiger partial charge in [0.15, 0.2) is 0 Å². The number of nitrogens with two attached hydrogens (primary N) is 1. The van der Waals surface area contributed by atoms with E-state index in [1.165, 1.54) is 11.3 Å². The van der Waals surface area contributed by atoms with Gasteiger partial charge in [0.05, 0.1) is 10.8 Å². The van der Waals surface area contributed by atoms with Crippen LogP contribution in [0.4, 0.5) is 0 Å². The molecule has 3 rings (SSSR count). The van der Waals surface area contributed by atoms with Crippen molar-refractivity contribution in [3.05, 3.63) is 22.4 Å². The summed E-state index contributed by atoms with van der Waals surface area (Å²) in [4.78, 5) is 29.7. The molecule has 2 aliphatic rings. The van der Waals surface area contributed by atoms with Gasteiger partial charge in [0, 0.05) is 31.7 Å². The molecule has 1 aliphatic heterocycles. The first-order valence-electron chi connectivity index (χ1n) is 8.39.